The fourth-order valence-electron chi connectivity index (χ4n) is 4.62. The standard InChI is InChI=1S/C32H39N3O6S/c33-27-4-1-2-5-28(27)35-31(39)7-3-6-30(38)34-19-22-8-14-25(15-9-22)32-40-26(21-42-17-16-36)18-29(41-32)24-12-10-23(20-37)11-13-24/h1-2,4-5,8-15,26,29,32,36-37H,3,6-7,16-21,33H2,(H,34,38)(H,35,39)/t26-,29+,32+/m1/s1. The number of hydrogen-bond donors (Lipinski definition) is 5. The summed E-state index contributed by atoms with van der Waals surface area (Å²) < 4.78 is 12.6. The number of amides is 2. The summed E-state index contributed by atoms with van der Waals surface area (Å²) in [7, 11) is 0. The molecule has 224 valence electrons. The Morgan fingerprint density at radius 3 is 2.29 bits per heavy atom. The number of nitrogens with two attached hydrogens (primary N) is 1. The molecule has 0 unspecified atom stereocenters. The maximum atomic E-state index is 12.3. The number of carbonyl (C=O) groups is 2. The van der Waals surface area contributed by atoms with E-state index in [0.717, 1.165) is 28.0 Å². The normalized spacial score (nSPS) is 18.4. The number of aliphatic hydroxyl groups is 2. The molecule has 1 saturated heterocycles. The zero-order chi connectivity index (χ0) is 29.7. The van der Waals surface area contributed by atoms with Gasteiger partial charge in [-0.15, -0.1) is 0 Å². The largest absolute Gasteiger partial charge is 0.397 e. The predicted molar refractivity (Wildman–Crippen MR) is 164 cm³/mol. The summed E-state index contributed by atoms with van der Waals surface area (Å²) in [4.78, 5) is 24.5. The molecule has 3 aromatic rings. The van der Waals surface area contributed by atoms with Crippen molar-refractivity contribution in [1.29, 1.82) is 0 Å². The molecule has 9 nitrogen and oxygen atoms in total. The Kier molecular flexibility index (Phi) is 12.2. The highest BCUT2D eigenvalue weighted by Crippen LogP contribution is 2.38. The number of nitrogen functional groups attached to an aromatic ring is 1. The molecular formula is C32H39N3O6S. The Morgan fingerprint density at radius 1 is 0.881 bits per heavy atom. The van der Waals surface area contributed by atoms with Crippen molar-refractivity contribution in [3.63, 3.8) is 0 Å². The number of anilines is 2. The van der Waals surface area contributed by atoms with Crippen LogP contribution in [0.2, 0.25) is 0 Å². The molecule has 2 amide bonds. The van der Waals surface area contributed by atoms with Gasteiger partial charge in [-0.2, -0.15) is 11.8 Å². The molecule has 3 aromatic carbocycles. The number of carbonyl (C=O) groups excluding carboxylic acids is 2. The number of thioether (sulfide) groups is 1. The van der Waals surface area contributed by atoms with Gasteiger partial charge in [-0.1, -0.05) is 60.7 Å². The van der Waals surface area contributed by atoms with Crippen LogP contribution in [0.5, 0.6) is 0 Å². The van der Waals surface area contributed by atoms with E-state index in [0.29, 0.717) is 36.5 Å². The molecular weight excluding hydrogens is 554 g/mol. The first kappa shape index (κ1) is 31.5. The molecule has 42 heavy (non-hydrogen) atoms. The van der Waals surface area contributed by atoms with Crippen LogP contribution in [0.1, 0.15) is 60.3 Å². The summed E-state index contributed by atoms with van der Waals surface area (Å²) in [6.07, 6.45) is 0.832. The van der Waals surface area contributed by atoms with Gasteiger partial charge in [-0.3, -0.25) is 9.59 Å². The summed E-state index contributed by atoms with van der Waals surface area (Å²) >= 11 is 1.65. The lowest BCUT2D eigenvalue weighted by Crippen LogP contribution is -2.31. The molecule has 0 aliphatic carbocycles. The average Bonchev–Trinajstić information content (AvgIpc) is 3.01. The number of hydrogen-bond acceptors (Lipinski definition) is 8. The quantitative estimate of drug-likeness (QED) is 0.136. The van der Waals surface area contributed by atoms with E-state index in [1.165, 1.54) is 0 Å². The van der Waals surface area contributed by atoms with Crippen molar-refractivity contribution < 1.29 is 29.3 Å². The lowest BCUT2D eigenvalue weighted by atomic mass is 10.0. The van der Waals surface area contributed by atoms with E-state index in [9.17, 15) is 19.8 Å². The van der Waals surface area contributed by atoms with Gasteiger partial charge in [0.05, 0.1) is 36.8 Å². The first-order chi connectivity index (χ1) is 20.4. The Labute approximate surface area is 250 Å². The minimum Gasteiger partial charge on any atom is -0.397 e. The predicted octanol–water partition coefficient (Wildman–Crippen LogP) is 4.46. The van der Waals surface area contributed by atoms with Crippen molar-refractivity contribution in [1.82, 2.24) is 5.32 Å². The van der Waals surface area contributed by atoms with Crippen LogP contribution in [0.25, 0.3) is 0 Å². The molecule has 0 bridgehead atoms. The Bertz CT molecular complexity index is 1290. The van der Waals surface area contributed by atoms with Crippen LogP contribution in [-0.4, -0.2) is 46.2 Å². The van der Waals surface area contributed by atoms with Gasteiger partial charge in [-0.25, -0.2) is 0 Å². The monoisotopic (exact) mass is 593 g/mol. The van der Waals surface area contributed by atoms with Crippen LogP contribution in [0.15, 0.2) is 72.8 Å². The Balaban J connectivity index is 1.26. The molecule has 1 aliphatic heterocycles. The molecule has 4 rings (SSSR count). The molecule has 10 heteroatoms. The van der Waals surface area contributed by atoms with Gasteiger partial charge in [0.1, 0.15) is 0 Å². The number of nitrogens with one attached hydrogen (secondary N) is 2. The highest BCUT2D eigenvalue weighted by molar-refractivity contribution is 7.99. The molecule has 6 N–H and O–H groups in total. The van der Waals surface area contributed by atoms with Gasteiger partial charge < -0.3 is 36.1 Å². The van der Waals surface area contributed by atoms with Crippen molar-refractivity contribution in [3.05, 3.63) is 95.1 Å². The smallest absolute Gasteiger partial charge is 0.224 e. The van der Waals surface area contributed by atoms with Gasteiger partial charge in [0.25, 0.3) is 0 Å². The second kappa shape index (κ2) is 16.3. The third-order valence-electron chi connectivity index (χ3n) is 6.94. The summed E-state index contributed by atoms with van der Waals surface area (Å²) in [5.74, 6) is 1.10. The highest BCUT2D eigenvalue weighted by atomic mass is 32.2. The topological polar surface area (TPSA) is 143 Å². The van der Waals surface area contributed by atoms with Crippen molar-refractivity contribution >= 4 is 35.0 Å². The van der Waals surface area contributed by atoms with Crippen LogP contribution >= 0.6 is 11.8 Å². The highest BCUT2D eigenvalue weighted by Gasteiger charge is 2.32. The number of rotatable bonds is 14. The molecule has 1 aliphatic rings. The van der Waals surface area contributed by atoms with E-state index >= 15 is 0 Å². The third kappa shape index (κ3) is 9.57. The van der Waals surface area contributed by atoms with Crippen LogP contribution in [-0.2, 0) is 32.2 Å². The second-order valence-electron chi connectivity index (χ2n) is 10.2. The van der Waals surface area contributed by atoms with E-state index < -0.39 is 6.29 Å². The molecule has 0 saturated carbocycles. The van der Waals surface area contributed by atoms with Gasteiger partial charge in [0, 0.05) is 42.9 Å². The Hall–Kier alpha value is -3.41. The van der Waals surface area contributed by atoms with Gasteiger partial charge >= 0.3 is 0 Å². The summed E-state index contributed by atoms with van der Waals surface area (Å²) in [6, 6.07) is 22.6. The summed E-state index contributed by atoms with van der Waals surface area (Å²) in [5.41, 5.74) is 10.6. The molecule has 0 spiro atoms. The first-order valence-corrected chi connectivity index (χ1v) is 15.3. The molecule has 0 radical (unpaired) electrons. The van der Waals surface area contributed by atoms with E-state index in [-0.39, 0.29) is 50.1 Å². The van der Waals surface area contributed by atoms with Crippen molar-refractivity contribution in [2.75, 3.05) is 29.2 Å². The van der Waals surface area contributed by atoms with E-state index in [4.69, 9.17) is 15.2 Å². The number of benzene rings is 3. The third-order valence-corrected chi connectivity index (χ3v) is 8.02. The lowest BCUT2D eigenvalue weighted by Gasteiger charge is -2.36. The number of ether oxygens (including phenoxy) is 2. The average molecular weight is 594 g/mol. The van der Waals surface area contributed by atoms with E-state index in [1.807, 2.05) is 48.5 Å². The van der Waals surface area contributed by atoms with Crippen LogP contribution in [0.4, 0.5) is 11.4 Å². The maximum absolute atomic E-state index is 12.3. The lowest BCUT2D eigenvalue weighted by molar-refractivity contribution is -0.245. The van der Waals surface area contributed by atoms with Gasteiger partial charge in [-0.05, 0) is 35.2 Å². The van der Waals surface area contributed by atoms with Crippen LogP contribution in [0, 0.1) is 0 Å². The second-order valence-corrected chi connectivity index (χ2v) is 11.3. The maximum Gasteiger partial charge on any atom is 0.224 e. The molecule has 3 atom stereocenters. The fourth-order valence-corrected chi connectivity index (χ4v) is 5.39. The zero-order valence-corrected chi connectivity index (χ0v) is 24.4. The van der Waals surface area contributed by atoms with Crippen molar-refractivity contribution in [2.45, 2.75) is 57.3 Å². The SMILES string of the molecule is Nc1ccccc1NC(=O)CCCC(=O)NCc1ccc([C@H]2O[C@@H](CSCCO)C[C@@H](c3ccc(CO)cc3)O2)cc1. The minimum atomic E-state index is -0.554. The van der Waals surface area contributed by atoms with Gasteiger partial charge in [0.15, 0.2) is 6.29 Å². The molecule has 1 fully saturated rings. The van der Waals surface area contributed by atoms with Crippen LogP contribution in [0.3, 0.4) is 0 Å². The first-order valence-electron chi connectivity index (χ1n) is 14.1. The van der Waals surface area contributed by atoms with Gasteiger partial charge in [0.2, 0.25) is 11.8 Å². The number of para-hydroxylation sites is 2. The fraction of sp³-hybridized carbons (Fsp3) is 0.375. The van der Waals surface area contributed by atoms with Crippen molar-refractivity contribution in [2.24, 2.45) is 0 Å². The van der Waals surface area contributed by atoms with E-state index in [1.54, 1.807) is 36.0 Å². The van der Waals surface area contributed by atoms with E-state index in [2.05, 4.69) is 10.6 Å². The minimum absolute atomic E-state index is 0.00733. The summed E-state index contributed by atoms with van der Waals surface area (Å²) in [6.45, 7) is 0.492. The van der Waals surface area contributed by atoms with Crippen LogP contribution < -0.4 is 16.4 Å². The van der Waals surface area contributed by atoms with Crippen molar-refractivity contribution in [3.8, 4) is 0 Å². The zero-order valence-electron chi connectivity index (χ0n) is 23.5. The molecule has 0 aromatic heterocycles. The molecule has 1 heterocycles. The Morgan fingerprint density at radius 2 is 1.57 bits per heavy atom. The number of aliphatic hydroxyl groups excluding tert-OH is 2. The summed E-state index contributed by atoms with van der Waals surface area (Å²) in [5, 5.41) is 24.2.